The second kappa shape index (κ2) is 2.98. The Bertz CT molecular complexity index is 299. The van der Waals surface area contributed by atoms with Crippen LogP contribution in [-0.2, 0) is 5.41 Å². The number of hydrogen-bond acceptors (Lipinski definition) is 3. The molecule has 0 radical (unpaired) electrons. The molecule has 0 fully saturated rings. The fourth-order valence-corrected chi connectivity index (χ4v) is 0.891. The van der Waals surface area contributed by atoms with E-state index in [-0.39, 0.29) is 16.1 Å². The van der Waals surface area contributed by atoms with Gasteiger partial charge in [0.15, 0.2) is 0 Å². The van der Waals surface area contributed by atoms with Crippen LogP contribution in [0.15, 0.2) is 4.52 Å². The van der Waals surface area contributed by atoms with Crippen molar-refractivity contribution in [3.05, 3.63) is 11.2 Å². The van der Waals surface area contributed by atoms with E-state index in [1.807, 2.05) is 0 Å². The van der Waals surface area contributed by atoms with Gasteiger partial charge in [0.2, 0.25) is 5.89 Å². The lowest BCUT2D eigenvalue weighted by Crippen LogP contribution is -2.34. The van der Waals surface area contributed by atoms with Crippen molar-refractivity contribution in [3.8, 4) is 0 Å². The summed E-state index contributed by atoms with van der Waals surface area (Å²) in [7, 11) is 0. The molecule has 1 aromatic heterocycles. The molecule has 0 aliphatic heterocycles. The maximum atomic E-state index is 5.60. The summed E-state index contributed by atoms with van der Waals surface area (Å²) in [5.74, 6) is 0.588. The molecular formula is C9H15ClN2O. The van der Waals surface area contributed by atoms with Crippen molar-refractivity contribution in [3.63, 3.8) is 0 Å². The highest BCUT2D eigenvalue weighted by Gasteiger charge is 2.39. The number of aromatic nitrogens is 2. The Morgan fingerprint density at radius 1 is 1.15 bits per heavy atom. The van der Waals surface area contributed by atoms with E-state index in [4.69, 9.17) is 16.1 Å². The Hall–Kier alpha value is -0.570. The van der Waals surface area contributed by atoms with Crippen LogP contribution in [0.1, 0.15) is 40.5 Å². The summed E-state index contributed by atoms with van der Waals surface area (Å²) in [6.07, 6.45) is 0. The van der Waals surface area contributed by atoms with Crippen molar-refractivity contribution < 1.29 is 4.52 Å². The van der Waals surface area contributed by atoms with E-state index >= 15 is 0 Å². The molecule has 74 valence electrons. The molecule has 0 N–H and O–H groups in total. The Morgan fingerprint density at radius 2 is 1.69 bits per heavy atom. The smallest absolute Gasteiger partial charge is 0.263 e. The van der Waals surface area contributed by atoms with E-state index in [1.54, 1.807) is 0 Å². The van der Waals surface area contributed by atoms with E-state index in [2.05, 4.69) is 44.8 Å². The van der Waals surface area contributed by atoms with Crippen LogP contribution in [0, 0.1) is 5.41 Å². The van der Waals surface area contributed by atoms with Crippen LogP contribution in [-0.4, -0.2) is 10.1 Å². The lowest BCUT2D eigenvalue weighted by Gasteiger charge is -2.35. The fraction of sp³-hybridized carbons (Fsp3) is 0.778. The second-order valence-electron chi connectivity index (χ2n) is 4.74. The molecule has 4 heteroatoms. The van der Waals surface area contributed by atoms with Gasteiger partial charge in [-0.2, -0.15) is 4.98 Å². The van der Waals surface area contributed by atoms with Gasteiger partial charge < -0.3 is 4.52 Å². The van der Waals surface area contributed by atoms with Gasteiger partial charge >= 0.3 is 0 Å². The molecular weight excluding hydrogens is 188 g/mol. The molecule has 1 aromatic rings. The summed E-state index contributed by atoms with van der Waals surface area (Å²) in [5, 5.41) is 3.75. The van der Waals surface area contributed by atoms with Crippen LogP contribution in [0.5, 0.6) is 0 Å². The zero-order valence-corrected chi connectivity index (χ0v) is 9.44. The van der Waals surface area contributed by atoms with Crippen molar-refractivity contribution in [2.24, 2.45) is 5.41 Å². The van der Waals surface area contributed by atoms with Crippen LogP contribution in [0.2, 0.25) is 5.28 Å². The lowest BCUT2D eigenvalue weighted by atomic mass is 9.69. The third-order valence-corrected chi connectivity index (χ3v) is 2.96. The first-order chi connectivity index (χ1) is 5.75. The average molecular weight is 203 g/mol. The first-order valence-electron chi connectivity index (χ1n) is 4.25. The predicted octanol–water partition coefficient (Wildman–Crippen LogP) is 3.05. The first-order valence-corrected chi connectivity index (χ1v) is 4.62. The molecule has 0 unspecified atom stereocenters. The molecule has 0 atom stereocenters. The topological polar surface area (TPSA) is 38.9 Å². The molecule has 0 aliphatic rings. The third-order valence-electron chi connectivity index (χ3n) is 2.81. The zero-order valence-electron chi connectivity index (χ0n) is 8.68. The summed E-state index contributed by atoms with van der Waals surface area (Å²) in [6, 6.07) is 0. The van der Waals surface area contributed by atoms with Crippen LogP contribution in [0.25, 0.3) is 0 Å². The zero-order chi connectivity index (χ0) is 10.3. The Kier molecular flexibility index (Phi) is 2.41. The Balaban J connectivity index is 3.07. The van der Waals surface area contributed by atoms with Crippen LogP contribution < -0.4 is 0 Å². The van der Waals surface area contributed by atoms with Gasteiger partial charge in [-0.15, -0.1) is 0 Å². The van der Waals surface area contributed by atoms with Crippen molar-refractivity contribution in [1.82, 2.24) is 10.1 Å². The highest BCUT2D eigenvalue weighted by Crippen LogP contribution is 2.39. The second-order valence-corrected chi connectivity index (χ2v) is 5.08. The van der Waals surface area contributed by atoms with Crippen molar-refractivity contribution in [2.45, 2.75) is 40.0 Å². The summed E-state index contributed by atoms with van der Waals surface area (Å²) < 4.78 is 5.06. The molecule has 3 nitrogen and oxygen atoms in total. The van der Waals surface area contributed by atoms with Gasteiger partial charge in [0.1, 0.15) is 0 Å². The van der Waals surface area contributed by atoms with Crippen molar-refractivity contribution in [2.75, 3.05) is 0 Å². The van der Waals surface area contributed by atoms with Crippen LogP contribution >= 0.6 is 11.6 Å². The van der Waals surface area contributed by atoms with E-state index in [9.17, 15) is 0 Å². The molecule has 0 spiro atoms. The molecule has 0 amide bonds. The van der Waals surface area contributed by atoms with Gasteiger partial charge in [0.25, 0.3) is 5.28 Å². The third kappa shape index (κ3) is 1.85. The SMILES string of the molecule is CC(C)(C)C(C)(C)c1nc(Cl)no1. The quantitative estimate of drug-likeness (QED) is 0.703. The number of halogens is 1. The first kappa shape index (κ1) is 10.5. The van der Waals surface area contributed by atoms with Gasteiger partial charge in [0, 0.05) is 5.41 Å². The van der Waals surface area contributed by atoms with Gasteiger partial charge in [-0.05, 0) is 22.2 Å². The number of nitrogens with zero attached hydrogens (tertiary/aromatic N) is 2. The molecule has 0 aliphatic carbocycles. The molecule has 1 heterocycles. The van der Waals surface area contributed by atoms with Gasteiger partial charge in [0.05, 0.1) is 0 Å². The molecule has 0 saturated carbocycles. The highest BCUT2D eigenvalue weighted by molar-refractivity contribution is 6.28. The van der Waals surface area contributed by atoms with E-state index in [0.29, 0.717) is 5.89 Å². The summed E-state index contributed by atoms with van der Waals surface area (Å²) in [4.78, 5) is 4.04. The predicted molar refractivity (Wildman–Crippen MR) is 51.8 cm³/mol. The maximum absolute atomic E-state index is 5.60. The molecule has 0 aromatic carbocycles. The minimum Gasteiger partial charge on any atom is -0.337 e. The monoisotopic (exact) mass is 202 g/mol. The Morgan fingerprint density at radius 3 is 2.00 bits per heavy atom. The summed E-state index contributed by atoms with van der Waals surface area (Å²) in [6.45, 7) is 10.5. The molecule has 13 heavy (non-hydrogen) atoms. The maximum Gasteiger partial charge on any atom is 0.263 e. The van der Waals surface area contributed by atoms with Gasteiger partial charge in [-0.25, -0.2) is 0 Å². The Labute approximate surface area is 83.5 Å². The van der Waals surface area contributed by atoms with Gasteiger partial charge in [-0.3, -0.25) is 0 Å². The summed E-state index contributed by atoms with van der Waals surface area (Å²) in [5.41, 5.74) is -0.115. The van der Waals surface area contributed by atoms with Crippen LogP contribution in [0.3, 0.4) is 0 Å². The molecule has 0 bridgehead atoms. The van der Waals surface area contributed by atoms with E-state index in [0.717, 1.165) is 0 Å². The highest BCUT2D eigenvalue weighted by atomic mass is 35.5. The normalized spacial score (nSPS) is 13.4. The van der Waals surface area contributed by atoms with Crippen molar-refractivity contribution >= 4 is 11.6 Å². The van der Waals surface area contributed by atoms with Crippen LogP contribution in [0.4, 0.5) is 0 Å². The fourth-order valence-electron chi connectivity index (χ4n) is 0.780. The van der Waals surface area contributed by atoms with Gasteiger partial charge in [-0.1, -0.05) is 34.6 Å². The minimum absolute atomic E-state index is 0.0584. The number of rotatable bonds is 1. The molecule has 1 rings (SSSR count). The van der Waals surface area contributed by atoms with E-state index in [1.165, 1.54) is 0 Å². The number of hydrogen-bond donors (Lipinski definition) is 0. The summed E-state index contributed by atoms with van der Waals surface area (Å²) >= 11 is 5.60. The standard InChI is InChI=1S/C9H15ClN2O/c1-8(2,3)9(4,5)6-11-7(10)12-13-6/h1-5H3. The minimum atomic E-state index is -0.173. The van der Waals surface area contributed by atoms with E-state index < -0.39 is 0 Å². The largest absolute Gasteiger partial charge is 0.337 e. The lowest BCUT2D eigenvalue weighted by molar-refractivity contribution is 0.168. The molecule has 0 saturated heterocycles. The van der Waals surface area contributed by atoms with Crippen molar-refractivity contribution in [1.29, 1.82) is 0 Å². The average Bonchev–Trinajstić information content (AvgIpc) is 2.33.